The Labute approximate surface area is 117 Å². The van der Waals surface area contributed by atoms with Crippen LogP contribution in [0.5, 0.6) is 0 Å². The molecule has 110 valence electrons. The van der Waals surface area contributed by atoms with Gasteiger partial charge in [0.15, 0.2) is 0 Å². The lowest BCUT2D eigenvalue weighted by Crippen LogP contribution is -2.26. The van der Waals surface area contributed by atoms with Crippen LogP contribution in [0, 0.1) is 19.8 Å². The predicted octanol–water partition coefficient (Wildman–Crippen LogP) is 1.54. The fourth-order valence-corrected chi connectivity index (χ4v) is 3.25. The van der Waals surface area contributed by atoms with Gasteiger partial charge in [-0.15, -0.1) is 3.89 Å². The average Bonchev–Trinajstić information content (AvgIpc) is 2.65. The van der Waals surface area contributed by atoms with E-state index in [1.165, 1.54) is 4.90 Å². The topological polar surface area (TPSA) is 80.5 Å². The van der Waals surface area contributed by atoms with Crippen molar-refractivity contribution in [3.63, 3.8) is 0 Å². The first-order valence-electron chi connectivity index (χ1n) is 6.27. The summed E-state index contributed by atoms with van der Waals surface area (Å²) in [5.41, 5.74) is 8.98. The van der Waals surface area contributed by atoms with Crippen LogP contribution >= 0.6 is 0 Å². The molecule has 7 heteroatoms. The molecule has 0 aromatic heterocycles. The molecular weight excluding hydrogens is 283 g/mol. The summed E-state index contributed by atoms with van der Waals surface area (Å²) >= 11 is 0. The standard InChI is InChI=1S/C13H17FN2O3S/c1-8-3-4-11(13(15)9(8)2)16-6-10(5-12(16)17)7-20(14,18)19/h3-4,10H,5-7,15H2,1-2H3. The highest BCUT2D eigenvalue weighted by Crippen LogP contribution is 2.33. The summed E-state index contributed by atoms with van der Waals surface area (Å²) in [5.74, 6) is -1.38. The van der Waals surface area contributed by atoms with E-state index in [0.29, 0.717) is 11.4 Å². The van der Waals surface area contributed by atoms with Crippen LogP contribution in [-0.4, -0.2) is 26.6 Å². The first-order chi connectivity index (χ1) is 9.19. The molecule has 1 aromatic rings. The lowest BCUT2D eigenvalue weighted by atomic mass is 10.1. The van der Waals surface area contributed by atoms with Gasteiger partial charge in [-0.3, -0.25) is 4.79 Å². The number of carbonyl (C=O) groups is 1. The van der Waals surface area contributed by atoms with Gasteiger partial charge >= 0.3 is 10.2 Å². The highest BCUT2D eigenvalue weighted by molar-refractivity contribution is 7.86. The van der Waals surface area contributed by atoms with Gasteiger partial charge in [0.2, 0.25) is 5.91 Å². The van der Waals surface area contributed by atoms with Crippen molar-refractivity contribution < 1.29 is 17.1 Å². The molecule has 0 radical (unpaired) electrons. The molecule has 1 fully saturated rings. The maximum Gasteiger partial charge on any atom is 0.302 e. The molecule has 2 N–H and O–H groups in total. The minimum atomic E-state index is -4.57. The molecule has 1 aliphatic heterocycles. The van der Waals surface area contributed by atoms with Crippen LogP contribution in [0.1, 0.15) is 17.5 Å². The minimum Gasteiger partial charge on any atom is -0.397 e. The molecule has 1 heterocycles. The van der Waals surface area contributed by atoms with Crippen molar-refractivity contribution in [2.24, 2.45) is 5.92 Å². The number of nitrogens with two attached hydrogens (primary N) is 1. The quantitative estimate of drug-likeness (QED) is 0.678. The maximum absolute atomic E-state index is 12.7. The molecule has 5 nitrogen and oxygen atoms in total. The second-order valence-electron chi connectivity index (χ2n) is 5.22. The van der Waals surface area contributed by atoms with Gasteiger partial charge in [-0.05, 0) is 31.0 Å². The fourth-order valence-electron chi connectivity index (χ4n) is 2.47. The van der Waals surface area contributed by atoms with Gasteiger partial charge in [0.25, 0.3) is 0 Å². The van der Waals surface area contributed by atoms with E-state index < -0.39 is 21.9 Å². The zero-order chi connectivity index (χ0) is 15.1. The molecule has 1 aromatic carbocycles. The van der Waals surface area contributed by atoms with Crippen molar-refractivity contribution in [3.8, 4) is 0 Å². The zero-order valence-corrected chi connectivity index (χ0v) is 12.2. The number of carbonyl (C=O) groups excluding carboxylic acids is 1. The lowest BCUT2D eigenvalue weighted by Gasteiger charge is -2.20. The lowest BCUT2D eigenvalue weighted by molar-refractivity contribution is -0.117. The molecule has 20 heavy (non-hydrogen) atoms. The number of halogens is 1. The van der Waals surface area contributed by atoms with Crippen molar-refractivity contribution in [2.75, 3.05) is 22.9 Å². The monoisotopic (exact) mass is 300 g/mol. The Kier molecular flexibility index (Phi) is 3.73. The number of nitrogens with zero attached hydrogens (tertiary/aromatic N) is 1. The summed E-state index contributed by atoms with van der Waals surface area (Å²) in [6.45, 7) is 3.95. The summed E-state index contributed by atoms with van der Waals surface area (Å²) in [5, 5.41) is 0. The van der Waals surface area contributed by atoms with Crippen LogP contribution < -0.4 is 10.6 Å². The Morgan fingerprint density at radius 2 is 2.05 bits per heavy atom. The molecule has 0 aliphatic carbocycles. The second kappa shape index (κ2) is 5.05. The molecule has 0 spiro atoms. The zero-order valence-electron chi connectivity index (χ0n) is 11.4. The Hall–Kier alpha value is -1.63. The predicted molar refractivity (Wildman–Crippen MR) is 75.7 cm³/mol. The van der Waals surface area contributed by atoms with Crippen LogP contribution in [-0.2, 0) is 15.0 Å². The van der Waals surface area contributed by atoms with E-state index in [2.05, 4.69) is 0 Å². The highest BCUT2D eigenvalue weighted by atomic mass is 32.3. The van der Waals surface area contributed by atoms with Gasteiger partial charge in [-0.25, -0.2) is 0 Å². The van der Waals surface area contributed by atoms with Crippen molar-refractivity contribution in [1.29, 1.82) is 0 Å². The summed E-state index contributed by atoms with van der Waals surface area (Å²) in [6, 6.07) is 3.59. The Morgan fingerprint density at radius 3 is 2.65 bits per heavy atom. The maximum atomic E-state index is 12.7. The molecule has 1 atom stereocenters. The van der Waals surface area contributed by atoms with E-state index in [1.54, 1.807) is 6.07 Å². The summed E-state index contributed by atoms with van der Waals surface area (Å²) in [7, 11) is -4.57. The summed E-state index contributed by atoms with van der Waals surface area (Å²) < 4.78 is 34.1. The van der Waals surface area contributed by atoms with Crippen molar-refractivity contribution >= 4 is 27.5 Å². The number of rotatable bonds is 3. The van der Waals surface area contributed by atoms with Gasteiger partial charge in [0.05, 0.1) is 17.1 Å². The van der Waals surface area contributed by atoms with E-state index in [9.17, 15) is 17.1 Å². The van der Waals surface area contributed by atoms with Crippen molar-refractivity contribution in [3.05, 3.63) is 23.3 Å². The van der Waals surface area contributed by atoms with Crippen LogP contribution in [0.2, 0.25) is 0 Å². The second-order valence-corrected chi connectivity index (χ2v) is 6.63. The van der Waals surface area contributed by atoms with Crippen LogP contribution in [0.25, 0.3) is 0 Å². The molecule has 1 aliphatic rings. The van der Waals surface area contributed by atoms with Gasteiger partial charge in [-0.2, -0.15) is 8.42 Å². The van der Waals surface area contributed by atoms with Gasteiger partial charge in [0, 0.05) is 18.9 Å². The smallest absolute Gasteiger partial charge is 0.302 e. The number of hydrogen-bond donors (Lipinski definition) is 1. The van der Waals surface area contributed by atoms with E-state index in [0.717, 1.165) is 11.1 Å². The number of nitrogen functional groups attached to an aromatic ring is 1. The largest absolute Gasteiger partial charge is 0.397 e. The number of aryl methyl sites for hydroxylation is 1. The number of hydrogen-bond acceptors (Lipinski definition) is 4. The third-order valence-electron chi connectivity index (χ3n) is 3.69. The molecule has 1 saturated heterocycles. The molecular formula is C13H17FN2O3S. The number of benzene rings is 1. The summed E-state index contributed by atoms with van der Waals surface area (Å²) in [6.07, 6.45) is 0.0233. The highest BCUT2D eigenvalue weighted by Gasteiger charge is 2.34. The van der Waals surface area contributed by atoms with Gasteiger partial charge in [0.1, 0.15) is 0 Å². The third kappa shape index (κ3) is 2.92. The van der Waals surface area contributed by atoms with Crippen LogP contribution in [0.3, 0.4) is 0 Å². The van der Waals surface area contributed by atoms with Gasteiger partial charge < -0.3 is 10.6 Å². The van der Waals surface area contributed by atoms with Crippen LogP contribution in [0.15, 0.2) is 12.1 Å². The Bertz CT molecular complexity index is 658. The molecule has 0 bridgehead atoms. The molecule has 0 saturated carbocycles. The SMILES string of the molecule is Cc1ccc(N2CC(CS(=O)(=O)F)CC2=O)c(N)c1C. The first kappa shape index (κ1) is 14.8. The normalized spacial score (nSPS) is 19.6. The number of amides is 1. The van der Waals surface area contributed by atoms with E-state index in [1.807, 2.05) is 19.9 Å². The number of anilines is 2. The Balaban J connectivity index is 2.27. The van der Waals surface area contributed by atoms with E-state index >= 15 is 0 Å². The van der Waals surface area contributed by atoms with E-state index in [4.69, 9.17) is 5.73 Å². The average molecular weight is 300 g/mol. The molecule has 2 rings (SSSR count). The molecule has 1 unspecified atom stereocenters. The van der Waals surface area contributed by atoms with Crippen LogP contribution in [0.4, 0.5) is 15.3 Å². The van der Waals surface area contributed by atoms with Crippen molar-refractivity contribution in [2.45, 2.75) is 20.3 Å². The third-order valence-corrected chi connectivity index (χ3v) is 4.56. The fraction of sp³-hybridized carbons (Fsp3) is 0.462. The Morgan fingerprint density at radius 1 is 1.40 bits per heavy atom. The van der Waals surface area contributed by atoms with Gasteiger partial charge in [-0.1, -0.05) is 6.07 Å². The van der Waals surface area contributed by atoms with E-state index in [-0.39, 0.29) is 18.9 Å². The molecule has 1 amide bonds. The summed E-state index contributed by atoms with van der Waals surface area (Å²) in [4.78, 5) is 13.4. The first-order valence-corrected chi connectivity index (χ1v) is 7.82. The van der Waals surface area contributed by atoms with Crippen molar-refractivity contribution in [1.82, 2.24) is 0 Å². The minimum absolute atomic E-state index is 0.0233.